The van der Waals surface area contributed by atoms with Crippen molar-refractivity contribution in [1.29, 1.82) is 0 Å². The number of nitrogens with one attached hydrogen (secondary N) is 1. The van der Waals surface area contributed by atoms with Crippen LogP contribution >= 0.6 is 0 Å². The Hall–Kier alpha value is -0.850. The molecule has 10 heteroatoms. The number of amides is 1. The Labute approximate surface area is 394 Å². The molecule has 0 aliphatic carbocycles. The predicted octanol–water partition coefficient (Wildman–Crippen LogP) is 12.0. The number of rotatable bonds is 48. The molecule has 1 amide bonds. The summed E-state index contributed by atoms with van der Waals surface area (Å²) in [7, 11) is 0. The first-order valence-corrected chi connectivity index (χ1v) is 27.8. The second-order valence-corrected chi connectivity index (χ2v) is 19.9. The zero-order valence-electron chi connectivity index (χ0n) is 41.9. The van der Waals surface area contributed by atoms with Crippen molar-refractivity contribution < 1.29 is 44.9 Å². The van der Waals surface area contributed by atoms with Crippen LogP contribution in [0.1, 0.15) is 277 Å². The molecule has 1 fully saturated rings. The Morgan fingerprint density at radius 2 is 0.812 bits per heavy atom. The molecular weight excluding hydrogens is 807 g/mol. The number of aliphatic hydroxyl groups is 6. The van der Waals surface area contributed by atoms with E-state index in [9.17, 15) is 35.4 Å². The number of unbranched alkanes of at least 4 members (excludes halogenated alkanes) is 37. The lowest BCUT2D eigenvalue weighted by Crippen LogP contribution is -2.60. The van der Waals surface area contributed by atoms with Gasteiger partial charge in [-0.25, -0.2) is 0 Å². The van der Waals surface area contributed by atoms with Crippen LogP contribution in [0.2, 0.25) is 0 Å². The lowest BCUT2D eigenvalue weighted by molar-refractivity contribution is -0.303. The van der Waals surface area contributed by atoms with Crippen molar-refractivity contribution in [2.24, 2.45) is 0 Å². The van der Waals surface area contributed by atoms with Gasteiger partial charge >= 0.3 is 0 Å². The second kappa shape index (κ2) is 44.6. The van der Waals surface area contributed by atoms with E-state index in [1.165, 1.54) is 212 Å². The molecule has 0 saturated carbocycles. The lowest BCUT2D eigenvalue weighted by atomic mass is 9.98. The van der Waals surface area contributed by atoms with Gasteiger partial charge in [0.2, 0.25) is 5.91 Å². The van der Waals surface area contributed by atoms with Gasteiger partial charge in [-0.3, -0.25) is 4.79 Å². The van der Waals surface area contributed by atoms with Crippen LogP contribution in [0, 0.1) is 0 Å². The number of aliphatic hydroxyl groups excluding tert-OH is 6. The first-order valence-electron chi connectivity index (χ1n) is 27.8. The van der Waals surface area contributed by atoms with Gasteiger partial charge in [0, 0.05) is 6.42 Å². The minimum atomic E-state index is -1.60. The van der Waals surface area contributed by atoms with E-state index in [2.05, 4.69) is 19.2 Å². The monoisotopic (exact) mass is 914 g/mol. The summed E-state index contributed by atoms with van der Waals surface area (Å²) in [6, 6.07) is -0.985. The van der Waals surface area contributed by atoms with Crippen LogP contribution in [0.3, 0.4) is 0 Å². The van der Waals surface area contributed by atoms with Gasteiger partial charge in [-0.1, -0.05) is 258 Å². The maximum absolute atomic E-state index is 13.1. The van der Waals surface area contributed by atoms with Crippen LogP contribution in [-0.4, -0.2) is 98.7 Å². The molecule has 1 saturated heterocycles. The summed E-state index contributed by atoms with van der Waals surface area (Å²) in [6.07, 6.45) is 41.3. The number of ether oxygens (including phenoxy) is 2. The Balaban J connectivity index is 2.19. The SMILES string of the molecule is CCCCCCCCCCCCCCCCCCCCCCCCCCCCCC(=O)N[C@@H](CO[C@@H]1O[C@H](CO)[C@H](O)C(O)C1O)[C@H](O)[C@H](O)CCCCCCCCCCCCCC. The number of carbonyl (C=O) groups excluding carboxylic acids is 1. The fourth-order valence-electron chi connectivity index (χ4n) is 9.32. The third kappa shape index (κ3) is 33.6. The zero-order valence-corrected chi connectivity index (χ0v) is 41.9. The summed E-state index contributed by atoms with van der Waals surface area (Å²) in [4.78, 5) is 13.1. The average Bonchev–Trinajstić information content (AvgIpc) is 3.29. The smallest absolute Gasteiger partial charge is 0.220 e. The van der Waals surface area contributed by atoms with Gasteiger partial charge in [0.1, 0.15) is 30.5 Å². The van der Waals surface area contributed by atoms with E-state index in [0.717, 1.165) is 38.5 Å². The molecule has 0 spiro atoms. The molecule has 2 unspecified atom stereocenters. The molecule has 1 aliphatic rings. The fraction of sp³-hybridized carbons (Fsp3) is 0.981. The molecule has 8 atom stereocenters. The minimum absolute atomic E-state index is 0.251. The lowest BCUT2D eigenvalue weighted by Gasteiger charge is -2.40. The van der Waals surface area contributed by atoms with Crippen LogP contribution in [-0.2, 0) is 14.3 Å². The van der Waals surface area contributed by atoms with Gasteiger partial charge in [0.05, 0.1) is 25.4 Å². The van der Waals surface area contributed by atoms with Gasteiger partial charge in [0.25, 0.3) is 0 Å². The molecule has 10 nitrogen and oxygen atoms in total. The largest absolute Gasteiger partial charge is 0.394 e. The number of hydrogen-bond donors (Lipinski definition) is 7. The van der Waals surface area contributed by atoms with Crippen LogP contribution in [0.15, 0.2) is 0 Å². The standard InChI is InChI=1S/C54H107NO9/c1-3-5-7-9-11-13-15-17-18-19-20-21-22-23-24-25-26-27-28-29-30-31-33-35-37-39-41-43-49(58)55-46(45-63-54-53(62)52(61)51(60)48(44-56)64-54)50(59)47(57)42-40-38-36-34-32-16-14-12-10-8-6-4-2/h46-48,50-54,56-57,59-62H,3-45H2,1-2H3,(H,55,58)/t46-,47+,48+,50-,51-,52?,53?,54+/m0/s1. The van der Waals surface area contributed by atoms with Crippen LogP contribution < -0.4 is 5.32 Å². The van der Waals surface area contributed by atoms with Crippen LogP contribution in [0.5, 0.6) is 0 Å². The van der Waals surface area contributed by atoms with E-state index in [0.29, 0.717) is 6.42 Å². The van der Waals surface area contributed by atoms with Gasteiger partial charge in [0.15, 0.2) is 6.29 Å². The van der Waals surface area contributed by atoms with Crippen molar-refractivity contribution >= 4 is 5.91 Å². The minimum Gasteiger partial charge on any atom is -0.394 e. The Bertz CT molecular complexity index is 988. The van der Waals surface area contributed by atoms with Crippen molar-refractivity contribution in [3.8, 4) is 0 Å². The van der Waals surface area contributed by atoms with Crippen molar-refractivity contribution in [1.82, 2.24) is 5.32 Å². The summed E-state index contributed by atoms with van der Waals surface area (Å²) < 4.78 is 11.2. The molecule has 7 N–H and O–H groups in total. The van der Waals surface area contributed by atoms with E-state index in [1.807, 2.05) is 0 Å². The molecule has 0 aromatic heterocycles. The highest BCUT2D eigenvalue weighted by Gasteiger charge is 2.44. The molecule has 0 aromatic rings. The quantitative estimate of drug-likeness (QED) is 0.0294. The first-order chi connectivity index (χ1) is 31.3. The molecule has 0 radical (unpaired) electrons. The molecule has 1 aliphatic heterocycles. The van der Waals surface area contributed by atoms with Crippen molar-refractivity contribution in [3.63, 3.8) is 0 Å². The van der Waals surface area contributed by atoms with Gasteiger partial charge in [-0.15, -0.1) is 0 Å². The highest BCUT2D eigenvalue weighted by molar-refractivity contribution is 5.76. The van der Waals surface area contributed by atoms with Crippen molar-refractivity contribution in [2.75, 3.05) is 13.2 Å². The average molecular weight is 914 g/mol. The van der Waals surface area contributed by atoms with Crippen LogP contribution in [0.4, 0.5) is 0 Å². The first kappa shape index (κ1) is 61.2. The summed E-state index contributed by atoms with van der Waals surface area (Å²) in [5.74, 6) is -0.251. The topological polar surface area (TPSA) is 169 Å². The number of hydrogen-bond acceptors (Lipinski definition) is 9. The zero-order chi connectivity index (χ0) is 46.7. The van der Waals surface area contributed by atoms with E-state index >= 15 is 0 Å². The predicted molar refractivity (Wildman–Crippen MR) is 264 cm³/mol. The summed E-state index contributed by atoms with van der Waals surface area (Å²) in [5, 5.41) is 65.4. The maximum Gasteiger partial charge on any atom is 0.220 e. The molecule has 1 rings (SSSR count). The fourth-order valence-corrected chi connectivity index (χ4v) is 9.32. The molecule has 0 bridgehead atoms. The molecular formula is C54H107NO9. The van der Waals surface area contributed by atoms with Crippen molar-refractivity contribution in [2.45, 2.75) is 326 Å². The summed E-state index contributed by atoms with van der Waals surface area (Å²) in [5.41, 5.74) is 0. The second-order valence-electron chi connectivity index (χ2n) is 19.9. The highest BCUT2D eigenvalue weighted by atomic mass is 16.7. The highest BCUT2D eigenvalue weighted by Crippen LogP contribution is 2.23. The Morgan fingerprint density at radius 3 is 1.16 bits per heavy atom. The van der Waals surface area contributed by atoms with E-state index in [1.54, 1.807) is 0 Å². The van der Waals surface area contributed by atoms with Gasteiger partial charge < -0.3 is 45.4 Å². The summed E-state index contributed by atoms with van der Waals surface area (Å²) >= 11 is 0. The van der Waals surface area contributed by atoms with E-state index in [4.69, 9.17) is 9.47 Å². The van der Waals surface area contributed by atoms with E-state index in [-0.39, 0.29) is 18.9 Å². The Kier molecular flexibility index (Phi) is 42.7. The van der Waals surface area contributed by atoms with E-state index < -0.39 is 55.6 Å². The molecule has 0 aromatic carbocycles. The third-order valence-corrected chi connectivity index (χ3v) is 13.8. The molecule has 382 valence electrons. The maximum atomic E-state index is 13.1. The van der Waals surface area contributed by atoms with Gasteiger partial charge in [-0.2, -0.15) is 0 Å². The molecule has 64 heavy (non-hydrogen) atoms. The van der Waals surface area contributed by atoms with Crippen molar-refractivity contribution in [3.05, 3.63) is 0 Å². The Morgan fingerprint density at radius 1 is 0.484 bits per heavy atom. The molecule has 1 heterocycles. The normalized spacial score (nSPS) is 20.4. The van der Waals surface area contributed by atoms with Crippen LogP contribution in [0.25, 0.3) is 0 Å². The summed E-state index contributed by atoms with van der Waals surface area (Å²) in [6.45, 7) is 3.64. The van der Waals surface area contributed by atoms with Gasteiger partial charge in [-0.05, 0) is 12.8 Å². The number of carbonyl (C=O) groups is 1. The third-order valence-electron chi connectivity index (χ3n) is 13.8.